The highest BCUT2D eigenvalue weighted by atomic mass is 32.2. The van der Waals surface area contributed by atoms with E-state index in [4.69, 9.17) is 0 Å². The molecule has 0 saturated carbocycles. The molecule has 3 rings (SSSR count). The molecule has 0 N–H and O–H groups in total. The molecule has 2 aromatic rings. The molecule has 0 aliphatic carbocycles. The summed E-state index contributed by atoms with van der Waals surface area (Å²) >= 11 is 0. The van der Waals surface area contributed by atoms with Crippen LogP contribution in [0, 0.1) is 5.92 Å². The lowest BCUT2D eigenvalue weighted by Crippen LogP contribution is -2.43. The molecule has 34 heavy (non-hydrogen) atoms. The van der Waals surface area contributed by atoms with Gasteiger partial charge in [-0.05, 0) is 42.0 Å². The minimum absolute atomic E-state index is 0.0105. The van der Waals surface area contributed by atoms with Crippen LogP contribution in [0.3, 0.4) is 0 Å². The van der Waals surface area contributed by atoms with E-state index in [1.165, 1.54) is 4.31 Å². The van der Waals surface area contributed by atoms with Crippen molar-refractivity contribution in [3.05, 3.63) is 65.7 Å². The van der Waals surface area contributed by atoms with Crippen molar-refractivity contribution in [2.24, 2.45) is 5.92 Å². The van der Waals surface area contributed by atoms with Gasteiger partial charge in [0, 0.05) is 46.0 Å². The normalized spacial score (nSPS) is 16.0. The molecule has 0 atom stereocenters. The summed E-state index contributed by atoms with van der Waals surface area (Å²) in [6.07, 6.45) is 1.20. The van der Waals surface area contributed by atoms with Crippen molar-refractivity contribution < 1.29 is 16.8 Å². The zero-order valence-corrected chi connectivity index (χ0v) is 22.2. The first-order valence-corrected chi connectivity index (χ1v) is 14.9. The topological polar surface area (TPSA) is 78.0 Å². The molecule has 0 radical (unpaired) electrons. The lowest BCUT2D eigenvalue weighted by atomic mass is 10.1. The average Bonchev–Trinajstić information content (AvgIpc) is 2.79. The number of nitrogens with zero attached hydrogens (tertiary/aromatic N) is 3. The first-order valence-electron chi connectivity index (χ1n) is 11.8. The highest BCUT2D eigenvalue weighted by Crippen LogP contribution is 2.25. The van der Waals surface area contributed by atoms with E-state index in [0.29, 0.717) is 39.0 Å². The fourth-order valence-corrected chi connectivity index (χ4v) is 7.36. The van der Waals surface area contributed by atoms with Gasteiger partial charge in [-0.2, -0.15) is 4.31 Å². The lowest BCUT2D eigenvalue weighted by molar-refractivity contribution is 0.361. The van der Waals surface area contributed by atoms with E-state index < -0.39 is 20.0 Å². The molecule has 0 bridgehead atoms. The van der Waals surface area contributed by atoms with Gasteiger partial charge in [0.1, 0.15) is 0 Å². The predicted octanol–water partition coefficient (Wildman–Crippen LogP) is 3.53. The maximum absolute atomic E-state index is 13.2. The molecule has 188 valence electrons. The van der Waals surface area contributed by atoms with Gasteiger partial charge < -0.3 is 4.90 Å². The van der Waals surface area contributed by atoms with Crippen LogP contribution < -0.4 is 4.90 Å². The van der Waals surface area contributed by atoms with Gasteiger partial charge in [-0.25, -0.2) is 21.1 Å². The van der Waals surface area contributed by atoms with Crippen molar-refractivity contribution >= 4 is 25.7 Å². The third-order valence-electron chi connectivity index (χ3n) is 6.19. The van der Waals surface area contributed by atoms with Crippen molar-refractivity contribution in [3.63, 3.8) is 0 Å². The number of anilines is 1. The zero-order valence-electron chi connectivity index (χ0n) is 20.6. The van der Waals surface area contributed by atoms with Gasteiger partial charge >= 0.3 is 0 Å². The van der Waals surface area contributed by atoms with Gasteiger partial charge in [-0.3, -0.25) is 0 Å². The number of sulfonamides is 2. The molecule has 0 amide bonds. The Morgan fingerprint density at radius 3 is 2.00 bits per heavy atom. The molecule has 1 aliphatic rings. The molecule has 1 aliphatic heterocycles. The highest BCUT2D eigenvalue weighted by molar-refractivity contribution is 7.89. The van der Waals surface area contributed by atoms with Crippen LogP contribution in [0.15, 0.2) is 54.6 Å². The third-order valence-corrected chi connectivity index (χ3v) is 10.3. The van der Waals surface area contributed by atoms with E-state index >= 15 is 0 Å². The van der Waals surface area contributed by atoms with E-state index in [9.17, 15) is 16.8 Å². The van der Waals surface area contributed by atoms with Crippen LogP contribution in [0.2, 0.25) is 0 Å². The largest absolute Gasteiger partial charge is 0.371 e. The summed E-state index contributed by atoms with van der Waals surface area (Å²) < 4.78 is 54.1. The number of piperidine rings is 1. The Kier molecular flexibility index (Phi) is 8.78. The van der Waals surface area contributed by atoms with E-state index in [0.717, 1.165) is 16.8 Å². The number of hydrogen-bond donors (Lipinski definition) is 0. The smallest absolute Gasteiger partial charge is 0.218 e. The molecule has 1 saturated heterocycles. The second-order valence-corrected chi connectivity index (χ2v) is 14.0. The van der Waals surface area contributed by atoms with Crippen molar-refractivity contribution in [2.75, 3.05) is 38.6 Å². The molecule has 0 aromatic heterocycles. The fourth-order valence-electron chi connectivity index (χ4n) is 4.29. The van der Waals surface area contributed by atoms with Crippen LogP contribution in [0.4, 0.5) is 5.69 Å². The van der Waals surface area contributed by atoms with E-state index in [1.54, 1.807) is 18.4 Å². The van der Waals surface area contributed by atoms with Crippen LogP contribution in [0.1, 0.15) is 37.8 Å². The van der Waals surface area contributed by atoms with E-state index in [1.807, 2.05) is 68.4 Å². The molecule has 1 fully saturated rings. The van der Waals surface area contributed by atoms with Crippen molar-refractivity contribution in [2.45, 2.75) is 44.2 Å². The van der Waals surface area contributed by atoms with Gasteiger partial charge in [0.05, 0.1) is 11.0 Å². The van der Waals surface area contributed by atoms with Crippen molar-refractivity contribution in [1.29, 1.82) is 0 Å². The summed E-state index contributed by atoms with van der Waals surface area (Å²) in [6.45, 7) is 6.20. The Morgan fingerprint density at radius 2 is 1.47 bits per heavy atom. The Hall–Kier alpha value is -1.94. The summed E-state index contributed by atoms with van der Waals surface area (Å²) in [5, 5.41) is -0.336. The molecule has 0 spiro atoms. The first-order chi connectivity index (χ1) is 16.0. The van der Waals surface area contributed by atoms with Crippen LogP contribution in [0.25, 0.3) is 0 Å². The summed E-state index contributed by atoms with van der Waals surface area (Å²) in [5.74, 6) is 0.202. The van der Waals surface area contributed by atoms with Gasteiger partial charge in [0.15, 0.2) is 0 Å². The maximum Gasteiger partial charge on any atom is 0.218 e. The fraction of sp³-hybridized carbons (Fsp3) is 0.520. The highest BCUT2D eigenvalue weighted by Gasteiger charge is 2.31. The number of hydrogen-bond acceptors (Lipinski definition) is 5. The second-order valence-electron chi connectivity index (χ2n) is 9.61. The summed E-state index contributed by atoms with van der Waals surface area (Å²) in [4.78, 5) is 2.20. The van der Waals surface area contributed by atoms with Crippen LogP contribution in [0.5, 0.6) is 0 Å². The van der Waals surface area contributed by atoms with E-state index in [-0.39, 0.29) is 16.9 Å². The monoisotopic (exact) mass is 507 g/mol. The molecule has 7 nitrogen and oxygen atoms in total. The van der Waals surface area contributed by atoms with Crippen molar-refractivity contribution in [1.82, 2.24) is 8.61 Å². The Morgan fingerprint density at radius 1 is 0.882 bits per heavy atom. The van der Waals surface area contributed by atoms with Crippen molar-refractivity contribution in [3.8, 4) is 0 Å². The van der Waals surface area contributed by atoms with Crippen LogP contribution in [-0.4, -0.2) is 64.4 Å². The third kappa shape index (κ3) is 6.81. The lowest BCUT2D eigenvalue weighted by Gasteiger charge is -2.34. The number of rotatable bonds is 10. The first kappa shape index (κ1) is 26.7. The zero-order chi connectivity index (χ0) is 24.9. The SMILES string of the molecule is CC(C)CN(Cc1ccc(N2CCC(S(=O)(=O)N(C)C)CC2)cc1)S(=O)(=O)Cc1ccccc1. The molecule has 0 unspecified atom stereocenters. The predicted molar refractivity (Wildman–Crippen MR) is 139 cm³/mol. The van der Waals surface area contributed by atoms with Gasteiger partial charge in [0.25, 0.3) is 0 Å². The van der Waals surface area contributed by atoms with E-state index in [2.05, 4.69) is 4.90 Å². The molecule has 9 heteroatoms. The standard InChI is InChI=1S/C25H37N3O4S2/c1-21(2)18-28(33(29,30)20-23-8-6-5-7-9-23)19-22-10-12-24(13-11-22)27-16-14-25(15-17-27)34(31,32)26(3)4/h5-13,21,25H,14-20H2,1-4H3. The van der Waals surface area contributed by atoms with Gasteiger partial charge in [0.2, 0.25) is 20.0 Å². The van der Waals surface area contributed by atoms with Crippen LogP contribution >= 0.6 is 0 Å². The summed E-state index contributed by atoms with van der Waals surface area (Å²) in [6, 6.07) is 17.2. The number of benzene rings is 2. The molecule has 2 aromatic carbocycles. The summed E-state index contributed by atoms with van der Waals surface area (Å²) in [5.41, 5.74) is 2.75. The quantitative estimate of drug-likeness (QED) is 0.492. The Balaban J connectivity index is 1.67. The Labute approximate surface area is 205 Å². The second kappa shape index (κ2) is 11.2. The average molecular weight is 508 g/mol. The molecular weight excluding hydrogens is 470 g/mol. The maximum atomic E-state index is 13.2. The summed E-state index contributed by atoms with van der Waals surface area (Å²) in [7, 11) is -3.52. The molecule has 1 heterocycles. The molecular formula is C25H37N3O4S2. The minimum atomic E-state index is -3.46. The van der Waals surface area contributed by atoms with Crippen LogP contribution in [-0.2, 0) is 32.3 Å². The van der Waals surface area contributed by atoms with Gasteiger partial charge in [-0.15, -0.1) is 0 Å². The van der Waals surface area contributed by atoms with Gasteiger partial charge in [-0.1, -0.05) is 56.3 Å². The minimum Gasteiger partial charge on any atom is -0.371 e. The Bertz CT molecular complexity index is 1120.